The average molecular weight is 283 g/mol. The Kier molecular flexibility index (Phi) is 4.56. The van der Waals surface area contributed by atoms with Gasteiger partial charge in [-0.25, -0.2) is 4.79 Å². The number of imide groups is 1. The fraction of sp³-hybridized carbons (Fsp3) is 0.125. The molecular weight excluding hydrogens is 266 g/mol. The molecule has 0 saturated carbocycles. The van der Waals surface area contributed by atoms with E-state index in [1.807, 2.05) is 37.2 Å². The first kappa shape index (κ1) is 14.6. The van der Waals surface area contributed by atoms with E-state index < -0.39 is 11.9 Å². The van der Waals surface area contributed by atoms with Crippen molar-refractivity contribution >= 4 is 23.3 Å². The van der Waals surface area contributed by atoms with Gasteiger partial charge in [0.05, 0.1) is 0 Å². The minimum atomic E-state index is -0.554. The number of hydrogen-bond donors (Lipinski definition) is 2. The van der Waals surface area contributed by atoms with Crippen LogP contribution in [0.4, 0.5) is 16.2 Å². The fourth-order valence-corrected chi connectivity index (χ4v) is 1.77. The van der Waals surface area contributed by atoms with E-state index >= 15 is 0 Å². The first-order valence-electron chi connectivity index (χ1n) is 6.51. The van der Waals surface area contributed by atoms with Gasteiger partial charge in [-0.15, -0.1) is 0 Å². The lowest BCUT2D eigenvalue weighted by Gasteiger charge is -2.13. The molecule has 0 fully saturated rings. The molecule has 2 N–H and O–H groups in total. The van der Waals surface area contributed by atoms with Gasteiger partial charge in [0.25, 0.3) is 5.91 Å². The summed E-state index contributed by atoms with van der Waals surface area (Å²) in [5.41, 5.74) is 2.09. The lowest BCUT2D eigenvalue weighted by Crippen LogP contribution is -2.34. The molecule has 0 aromatic heterocycles. The zero-order valence-corrected chi connectivity index (χ0v) is 12.0. The number of anilines is 2. The molecule has 3 amide bonds. The third-order valence-electron chi connectivity index (χ3n) is 2.90. The second-order valence-corrected chi connectivity index (χ2v) is 4.72. The van der Waals surface area contributed by atoms with Crippen LogP contribution in [0, 0.1) is 0 Å². The van der Waals surface area contributed by atoms with Crippen LogP contribution in [0.5, 0.6) is 0 Å². The molecule has 21 heavy (non-hydrogen) atoms. The van der Waals surface area contributed by atoms with Gasteiger partial charge >= 0.3 is 6.03 Å². The van der Waals surface area contributed by atoms with Gasteiger partial charge in [0, 0.05) is 31.0 Å². The van der Waals surface area contributed by atoms with Crippen molar-refractivity contribution in [1.82, 2.24) is 5.32 Å². The molecule has 2 aromatic carbocycles. The number of benzene rings is 2. The number of urea groups is 1. The molecule has 5 heteroatoms. The Morgan fingerprint density at radius 3 is 2.10 bits per heavy atom. The molecule has 0 atom stereocenters. The fourth-order valence-electron chi connectivity index (χ4n) is 1.77. The van der Waals surface area contributed by atoms with Crippen molar-refractivity contribution in [3.8, 4) is 0 Å². The maximum Gasteiger partial charge on any atom is 0.326 e. The first-order chi connectivity index (χ1) is 10.1. The SMILES string of the molecule is CN(C)c1ccc(NC(=O)NC(=O)c2ccccc2)cc1. The van der Waals surface area contributed by atoms with Crippen molar-refractivity contribution in [1.29, 1.82) is 0 Å². The van der Waals surface area contributed by atoms with Crippen LogP contribution in [0.1, 0.15) is 10.4 Å². The molecule has 0 radical (unpaired) electrons. The highest BCUT2D eigenvalue weighted by Crippen LogP contribution is 2.15. The normalized spacial score (nSPS) is 9.81. The maximum absolute atomic E-state index is 11.8. The van der Waals surface area contributed by atoms with E-state index in [-0.39, 0.29) is 0 Å². The van der Waals surface area contributed by atoms with Gasteiger partial charge in [-0.05, 0) is 36.4 Å². The number of nitrogens with zero attached hydrogens (tertiary/aromatic N) is 1. The second kappa shape index (κ2) is 6.56. The van der Waals surface area contributed by atoms with Crippen LogP contribution < -0.4 is 15.5 Å². The predicted octanol–water partition coefficient (Wildman–Crippen LogP) is 2.71. The molecule has 5 nitrogen and oxygen atoms in total. The Hall–Kier alpha value is -2.82. The summed E-state index contributed by atoms with van der Waals surface area (Å²) in [5.74, 6) is -0.432. The van der Waals surface area contributed by atoms with Gasteiger partial charge in [0.1, 0.15) is 0 Å². The lowest BCUT2D eigenvalue weighted by atomic mass is 10.2. The highest BCUT2D eigenvalue weighted by Gasteiger charge is 2.09. The van der Waals surface area contributed by atoms with E-state index in [0.717, 1.165) is 5.69 Å². The number of rotatable bonds is 3. The summed E-state index contributed by atoms with van der Waals surface area (Å²) in [5, 5.41) is 4.90. The van der Waals surface area contributed by atoms with Crippen molar-refractivity contribution in [2.75, 3.05) is 24.3 Å². The van der Waals surface area contributed by atoms with Crippen LogP contribution in [0.3, 0.4) is 0 Å². The van der Waals surface area contributed by atoms with E-state index in [0.29, 0.717) is 11.3 Å². The summed E-state index contributed by atoms with van der Waals surface area (Å²) < 4.78 is 0. The summed E-state index contributed by atoms with van der Waals surface area (Å²) >= 11 is 0. The van der Waals surface area contributed by atoms with Gasteiger partial charge in [-0.1, -0.05) is 18.2 Å². The van der Waals surface area contributed by atoms with E-state index in [4.69, 9.17) is 0 Å². The van der Waals surface area contributed by atoms with Gasteiger partial charge in [-0.2, -0.15) is 0 Å². The van der Waals surface area contributed by atoms with Crippen molar-refractivity contribution in [2.45, 2.75) is 0 Å². The Morgan fingerprint density at radius 1 is 0.905 bits per heavy atom. The molecule has 0 aliphatic heterocycles. The second-order valence-electron chi connectivity index (χ2n) is 4.72. The molecule has 0 spiro atoms. The summed E-state index contributed by atoms with van der Waals surface area (Å²) in [6, 6.07) is 15.4. The van der Waals surface area contributed by atoms with Gasteiger partial charge in [-0.3, -0.25) is 10.1 Å². The number of amides is 3. The van der Waals surface area contributed by atoms with Crippen molar-refractivity contribution < 1.29 is 9.59 Å². The van der Waals surface area contributed by atoms with Gasteiger partial charge < -0.3 is 10.2 Å². The van der Waals surface area contributed by atoms with Gasteiger partial charge in [0.2, 0.25) is 0 Å². The molecule has 0 bridgehead atoms. The summed E-state index contributed by atoms with van der Waals surface area (Å²) in [4.78, 5) is 25.5. The smallest absolute Gasteiger partial charge is 0.326 e. The molecule has 0 saturated heterocycles. The zero-order chi connectivity index (χ0) is 15.2. The minimum Gasteiger partial charge on any atom is -0.378 e. The molecule has 2 aromatic rings. The Bertz CT molecular complexity index is 622. The quantitative estimate of drug-likeness (QED) is 0.910. The predicted molar refractivity (Wildman–Crippen MR) is 83.7 cm³/mol. The van der Waals surface area contributed by atoms with Crippen LogP contribution in [-0.2, 0) is 0 Å². The number of carbonyl (C=O) groups is 2. The van der Waals surface area contributed by atoms with Crippen LogP contribution in [-0.4, -0.2) is 26.0 Å². The van der Waals surface area contributed by atoms with Crippen molar-refractivity contribution in [3.05, 3.63) is 60.2 Å². The highest BCUT2D eigenvalue weighted by atomic mass is 16.2. The highest BCUT2D eigenvalue weighted by molar-refractivity contribution is 6.07. The van der Waals surface area contributed by atoms with E-state index in [2.05, 4.69) is 10.6 Å². The van der Waals surface area contributed by atoms with E-state index in [1.165, 1.54) is 0 Å². The van der Waals surface area contributed by atoms with Crippen LogP contribution in [0.25, 0.3) is 0 Å². The van der Waals surface area contributed by atoms with Gasteiger partial charge in [0.15, 0.2) is 0 Å². The monoisotopic (exact) mass is 283 g/mol. The summed E-state index contributed by atoms with van der Waals surface area (Å²) in [6.45, 7) is 0. The molecular formula is C16H17N3O2. The third kappa shape index (κ3) is 4.07. The average Bonchev–Trinajstić information content (AvgIpc) is 2.48. The lowest BCUT2D eigenvalue weighted by molar-refractivity contribution is 0.0967. The minimum absolute atomic E-state index is 0.432. The van der Waals surface area contributed by atoms with E-state index in [9.17, 15) is 9.59 Å². The first-order valence-corrected chi connectivity index (χ1v) is 6.51. The van der Waals surface area contributed by atoms with Crippen LogP contribution in [0.2, 0.25) is 0 Å². The molecule has 0 unspecified atom stereocenters. The molecule has 108 valence electrons. The number of carbonyl (C=O) groups excluding carboxylic acids is 2. The summed E-state index contributed by atoms with van der Waals surface area (Å²) in [7, 11) is 3.88. The maximum atomic E-state index is 11.8. The molecule has 2 rings (SSSR count). The molecule has 0 heterocycles. The van der Waals surface area contributed by atoms with E-state index in [1.54, 1.807) is 36.4 Å². The number of nitrogens with one attached hydrogen (secondary N) is 2. The topological polar surface area (TPSA) is 61.4 Å². The van der Waals surface area contributed by atoms with Crippen LogP contribution in [0.15, 0.2) is 54.6 Å². The van der Waals surface area contributed by atoms with Crippen LogP contribution >= 0.6 is 0 Å². The summed E-state index contributed by atoms with van der Waals surface area (Å²) in [6.07, 6.45) is 0. The molecule has 0 aliphatic rings. The Balaban J connectivity index is 1.94. The standard InChI is InChI=1S/C16H17N3O2/c1-19(2)14-10-8-13(9-11-14)17-16(21)18-15(20)12-6-4-3-5-7-12/h3-11H,1-2H3,(H2,17,18,20,21). The number of hydrogen-bond acceptors (Lipinski definition) is 3. The Morgan fingerprint density at radius 2 is 1.52 bits per heavy atom. The third-order valence-corrected chi connectivity index (χ3v) is 2.90. The largest absolute Gasteiger partial charge is 0.378 e. The van der Waals surface area contributed by atoms with Crippen molar-refractivity contribution in [2.24, 2.45) is 0 Å². The van der Waals surface area contributed by atoms with Crippen molar-refractivity contribution in [3.63, 3.8) is 0 Å². The molecule has 0 aliphatic carbocycles. The Labute approximate surface area is 123 Å². The zero-order valence-electron chi connectivity index (χ0n) is 12.0.